The van der Waals surface area contributed by atoms with Gasteiger partial charge in [-0.05, 0) is 80.1 Å². The first-order valence-electron chi connectivity index (χ1n) is 20.3. The van der Waals surface area contributed by atoms with Gasteiger partial charge in [0.2, 0.25) is 35.3 Å². The summed E-state index contributed by atoms with van der Waals surface area (Å²) in [7, 11) is 1.22. The highest BCUT2D eigenvalue weighted by Gasteiger charge is 2.27. The summed E-state index contributed by atoms with van der Waals surface area (Å²) in [4.78, 5) is 75.5. The summed E-state index contributed by atoms with van der Waals surface area (Å²) < 4.78 is 48.7. The number of unbranched alkanes of at least 4 members (excludes halogenated alkanes) is 2. The zero-order valence-corrected chi connectivity index (χ0v) is 36.3. The van der Waals surface area contributed by atoms with E-state index in [-0.39, 0.29) is 69.5 Å². The van der Waals surface area contributed by atoms with Crippen LogP contribution >= 0.6 is 0 Å². The number of aromatic nitrogens is 6. The minimum Gasteiger partial charge on any atom is -0.464 e. The number of oxazole rings is 6. The Kier molecular flexibility index (Phi) is 14.6. The summed E-state index contributed by atoms with van der Waals surface area (Å²) in [6, 6.07) is -1.30. The van der Waals surface area contributed by atoms with E-state index in [0.29, 0.717) is 51.6 Å². The average molecular weight is 891 g/mol. The molecule has 6 heterocycles. The molecular weight excluding hydrogens is 841 g/mol. The van der Waals surface area contributed by atoms with Crippen molar-refractivity contribution in [2.75, 3.05) is 20.2 Å². The Balaban J connectivity index is 1.07. The second kappa shape index (κ2) is 20.3. The number of hydrogen-bond donors (Lipinski definition) is 4. The summed E-state index contributed by atoms with van der Waals surface area (Å²) in [5.74, 6) is -0.729. The molecule has 64 heavy (non-hydrogen) atoms. The number of nitrogens with one attached hydrogen (secondary N) is 3. The molecule has 5 N–H and O–H groups in total. The number of nitrogens with two attached hydrogens (primary N) is 1. The number of rotatable bonds is 19. The molecule has 0 aliphatic carbocycles. The average Bonchev–Trinajstić information content (AvgIpc) is 4.08. The molecule has 342 valence electrons. The minimum atomic E-state index is -0.785. The third kappa shape index (κ3) is 12.9. The maximum Gasteiger partial charge on any atom is 0.407 e. The molecule has 0 spiro atoms. The van der Waals surface area contributed by atoms with Crippen molar-refractivity contribution >= 4 is 24.1 Å². The van der Waals surface area contributed by atoms with E-state index >= 15 is 0 Å². The Morgan fingerprint density at radius 3 is 1.56 bits per heavy atom. The second-order valence-electron chi connectivity index (χ2n) is 16.3. The standard InChI is InChI=1S/C41H50N10O13/c1-40(2,3)63-38(54)43-14-10-8-12-22(42)31-47-25(17-57-31)34-49-26(19-60-34)33-46-24(16-58-33)30(52)45-23(13-9-11-15-44-39(55)64-41(4,5)6)32-48-27(18-59-32)35-50-28(20-61-35)36-51-29(21-62-36)37(53)56-7/h16-23H,8-15,42H2,1-7H3,(H,43,54)(H,44,55)(H,45,52). The van der Waals surface area contributed by atoms with Gasteiger partial charge in [0, 0.05) is 13.1 Å². The topological polar surface area (TPSA) is 314 Å². The Morgan fingerprint density at radius 1 is 0.578 bits per heavy atom. The number of methoxy groups -OCH3 is 1. The van der Waals surface area contributed by atoms with Gasteiger partial charge in [-0.15, -0.1) is 0 Å². The van der Waals surface area contributed by atoms with Crippen LogP contribution in [0.2, 0.25) is 0 Å². The Bertz CT molecular complexity index is 2500. The number of carbonyl (C=O) groups is 4. The summed E-state index contributed by atoms with van der Waals surface area (Å²) >= 11 is 0. The molecule has 3 amide bonds. The van der Waals surface area contributed by atoms with E-state index in [1.807, 2.05) is 0 Å². The van der Waals surface area contributed by atoms with E-state index in [2.05, 4.69) is 50.6 Å². The minimum absolute atomic E-state index is 0.00631. The van der Waals surface area contributed by atoms with Crippen LogP contribution in [0.25, 0.3) is 46.3 Å². The molecule has 6 rings (SSSR count). The Hall–Kier alpha value is -7.30. The van der Waals surface area contributed by atoms with Crippen LogP contribution in [0.4, 0.5) is 9.59 Å². The van der Waals surface area contributed by atoms with Gasteiger partial charge in [-0.3, -0.25) is 4.79 Å². The fourth-order valence-electron chi connectivity index (χ4n) is 5.75. The molecule has 6 aromatic heterocycles. The molecule has 0 saturated carbocycles. The number of ether oxygens (including phenoxy) is 3. The number of carbonyl (C=O) groups excluding carboxylic acids is 4. The van der Waals surface area contributed by atoms with Crippen LogP contribution in [0.15, 0.2) is 64.1 Å². The lowest BCUT2D eigenvalue weighted by Gasteiger charge is -2.19. The van der Waals surface area contributed by atoms with Crippen LogP contribution in [0.5, 0.6) is 0 Å². The maximum atomic E-state index is 13.6. The molecule has 0 saturated heterocycles. The molecule has 6 aromatic rings. The smallest absolute Gasteiger partial charge is 0.407 e. The van der Waals surface area contributed by atoms with Crippen molar-refractivity contribution in [2.24, 2.45) is 5.73 Å². The van der Waals surface area contributed by atoms with Gasteiger partial charge in [0.25, 0.3) is 5.91 Å². The number of nitrogens with zero attached hydrogens (tertiary/aromatic N) is 6. The fraction of sp³-hybridized carbons (Fsp3) is 0.463. The van der Waals surface area contributed by atoms with Crippen LogP contribution < -0.4 is 21.7 Å². The number of hydrogen-bond acceptors (Lipinski definition) is 20. The zero-order valence-electron chi connectivity index (χ0n) is 36.3. The van der Waals surface area contributed by atoms with Crippen molar-refractivity contribution in [3.05, 3.63) is 60.7 Å². The van der Waals surface area contributed by atoms with Gasteiger partial charge in [0.05, 0.1) is 13.2 Å². The fourth-order valence-corrected chi connectivity index (χ4v) is 5.75. The van der Waals surface area contributed by atoms with E-state index in [1.165, 1.54) is 38.4 Å². The lowest BCUT2D eigenvalue weighted by atomic mass is 10.1. The van der Waals surface area contributed by atoms with Crippen molar-refractivity contribution in [1.29, 1.82) is 0 Å². The molecule has 23 nitrogen and oxygen atoms in total. The van der Waals surface area contributed by atoms with Crippen molar-refractivity contribution in [3.8, 4) is 46.3 Å². The van der Waals surface area contributed by atoms with Crippen LogP contribution in [-0.4, -0.2) is 85.4 Å². The van der Waals surface area contributed by atoms with Gasteiger partial charge >= 0.3 is 18.2 Å². The van der Waals surface area contributed by atoms with Crippen LogP contribution in [-0.2, 0) is 14.2 Å². The summed E-state index contributed by atoms with van der Waals surface area (Å²) in [5.41, 5.74) is 5.81. The molecule has 0 fully saturated rings. The molecule has 0 bridgehead atoms. The van der Waals surface area contributed by atoms with Gasteiger partial charge < -0.3 is 62.4 Å². The highest BCUT2D eigenvalue weighted by atomic mass is 16.6. The molecule has 2 atom stereocenters. The zero-order chi connectivity index (χ0) is 46.0. The van der Waals surface area contributed by atoms with Crippen molar-refractivity contribution in [1.82, 2.24) is 45.9 Å². The molecule has 0 aromatic carbocycles. The van der Waals surface area contributed by atoms with Crippen LogP contribution in [0.1, 0.15) is 125 Å². The predicted octanol–water partition coefficient (Wildman–Crippen LogP) is 6.93. The third-order valence-electron chi connectivity index (χ3n) is 8.68. The Morgan fingerprint density at radius 2 is 1.02 bits per heavy atom. The van der Waals surface area contributed by atoms with Gasteiger partial charge in [-0.2, -0.15) is 0 Å². The van der Waals surface area contributed by atoms with Gasteiger partial charge in [-0.1, -0.05) is 0 Å². The van der Waals surface area contributed by atoms with E-state index in [0.717, 1.165) is 6.26 Å². The molecule has 23 heteroatoms. The lowest BCUT2D eigenvalue weighted by molar-refractivity contribution is 0.0515. The van der Waals surface area contributed by atoms with Gasteiger partial charge in [0.1, 0.15) is 54.8 Å². The molecule has 0 radical (unpaired) electrons. The predicted molar refractivity (Wildman–Crippen MR) is 220 cm³/mol. The highest BCUT2D eigenvalue weighted by molar-refractivity contribution is 5.92. The summed E-state index contributed by atoms with van der Waals surface area (Å²) in [6.07, 6.45) is 9.81. The molecule has 2 unspecified atom stereocenters. The van der Waals surface area contributed by atoms with E-state index in [1.54, 1.807) is 41.5 Å². The summed E-state index contributed by atoms with van der Waals surface area (Å²) in [6.45, 7) is 11.4. The summed E-state index contributed by atoms with van der Waals surface area (Å²) in [5, 5.41) is 8.32. The molecule has 0 aliphatic rings. The second-order valence-corrected chi connectivity index (χ2v) is 16.3. The van der Waals surface area contributed by atoms with Gasteiger partial charge in [-0.25, -0.2) is 44.3 Å². The van der Waals surface area contributed by atoms with E-state index in [9.17, 15) is 19.2 Å². The van der Waals surface area contributed by atoms with Crippen LogP contribution in [0, 0.1) is 0 Å². The number of alkyl carbamates (subject to hydrolysis) is 2. The first-order valence-corrected chi connectivity index (χ1v) is 20.3. The van der Waals surface area contributed by atoms with Crippen molar-refractivity contribution < 1.29 is 59.9 Å². The van der Waals surface area contributed by atoms with Gasteiger partial charge in [0.15, 0.2) is 34.2 Å². The van der Waals surface area contributed by atoms with Crippen molar-refractivity contribution in [2.45, 2.75) is 103 Å². The quantitative estimate of drug-likeness (QED) is 0.0364. The largest absolute Gasteiger partial charge is 0.464 e. The van der Waals surface area contributed by atoms with Crippen LogP contribution in [0.3, 0.4) is 0 Å². The molecular formula is C41H50N10O13. The number of amides is 3. The Labute approximate surface area is 365 Å². The first-order chi connectivity index (χ1) is 30.4. The SMILES string of the molecule is COC(=O)c1coc(-c2coc(-c3coc(C(CCCCNC(=O)OC(C)(C)C)NC(=O)c4coc(-c5coc(-c6coc(C(N)CCCCNC(=O)OC(C)(C)C)n6)n5)n4)n3)n2)n1. The third-order valence-corrected chi connectivity index (χ3v) is 8.68. The molecule has 0 aliphatic heterocycles. The normalized spacial score (nSPS) is 12.7. The van der Waals surface area contributed by atoms with E-state index < -0.39 is 47.3 Å². The van der Waals surface area contributed by atoms with Crippen molar-refractivity contribution in [3.63, 3.8) is 0 Å². The maximum absolute atomic E-state index is 13.6. The lowest BCUT2D eigenvalue weighted by Crippen LogP contribution is -2.33. The monoisotopic (exact) mass is 890 g/mol. The number of esters is 1. The first kappa shape index (κ1) is 46.2. The van der Waals surface area contributed by atoms with E-state index in [4.69, 9.17) is 41.7 Å². The highest BCUT2D eigenvalue weighted by Crippen LogP contribution is 2.29.